The van der Waals surface area contributed by atoms with Crippen molar-refractivity contribution in [3.05, 3.63) is 53.0 Å². The molecule has 1 aliphatic rings. The number of amides is 1. The molecule has 0 spiro atoms. The third-order valence-electron chi connectivity index (χ3n) is 4.86. The zero-order valence-electron chi connectivity index (χ0n) is 14.9. The van der Waals surface area contributed by atoms with E-state index < -0.39 is 17.6 Å². The summed E-state index contributed by atoms with van der Waals surface area (Å²) in [6.45, 7) is 1.53. The SMILES string of the molecule is O=C(Nc1cc(C(F)(F)F)ccc1N1CCCCC1)c1ccc2ncsc2c1. The molecule has 1 aromatic heterocycles. The standard InChI is InChI=1S/C20H18F3N3OS/c21-20(22,23)14-5-7-17(26-8-2-1-3-9-26)16(11-14)25-19(27)13-4-6-15-18(10-13)28-12-24-15/h4-7,10-12H,1-3,8-9H2,(H,25,27). The lowest BCUT2D eigenvalue weighted by atomic mass is 10.1. The molecule has 0 bridgehead atoms. The number of piperidine rings is 1. The first-order valence-electron chi connectivity index (χ1n) is 9.02. The first-order valence-corrected chi connectivity index (χ1v) is 9.90. The normalized spacial score (nSPS) is 15.0. The van der Waals surface area contributed by atoms with Crippen LogP contribution in [0.2, 0.25) is 0 Å². The number of anilines is 2. The van der Waals surface area contributed by atoms with Crippen molar-refractivity contribution in [2.45, 2.75) is 25.4 Å². The molecule has 1 N–H and O–H groups in total. The zero-order chi connectivity index (χ0) is 19.7. The van der Waals surface area contributed by atoms with E-state index >= 15 is 0 Å². The summed E-state index contributed by atoms with van der Waals surface area (Å²) in [4.78, 5) is 19.0. The van der Waals surface area contributed by atoms with Crippen molar-refractivity contribution in [1.29, 1.82) is 0 Å². The highest BCUT2D eigenvalue weighted by atomic mass is 32.1. The highest BCUT2D eigenvalue weighted by Crippen LogP contribution is 2.36. The number of hydrogen-bond acceptors (Lipinski definition) is 4. The number of alkyl halides is 3. The Kier molecular flexibility index (Phi) is 4.97. The van der Waals surface area contributed by atoms with Gasteiger partial charge in [-0.15, -0.1) is 11.3 Å². The fraction of sp³-hybridized carbons (Fsp3) is 0.300. The van der Waals surface area contributed by atoms with E-state index in [1.54, 1.807) is 23.7 Å². The van der Waals surface area contributed by atoms with Crippen LogP contribution in [0.25, 0.3) is 10.2 Å². The lowest BCUT2D eigenvalue weighted by molar-refractivity contribution is -0.137. The minimum absolute atomic E-state index is 0.186. The van der Waals surface area contributed by atoms with Crippen LogP contribution in [0.1, 0.15) is 35.2 Å². The lowest BCUT2D eigenvalue weighted by Crippen LogP contribution is -2.30. The number of carbonyl (C=O) groups is 1. The number of thiazole rings is 1. The Hall–Kier alpha value is -2.61. The summed E-state index contributed by atoms with van der Waals surface area (Å²) in [5.74, 6) is -0.437. The number of carbonyl (C=O) groups excluding carboxylic acids is 1. The van der Waals surface area contributed by atoms with E-state index in [4.69, 9.17) is 0 Å². The van der Waals surface area contributed by atoms with E-state index in [0.29, 0.717) is 11.3 Å². The van der Waals surface area contributed by atoms with Crippen molar-refractivity contribution in [2.75, 3.05) is 23.3 Å². The van der Waals surface area contributed by atoms with Gasteiger partial charge in [0, 0.05) is 18.7 Å². The van der Waals surface area contributed by atoms with Gasteiger partial charge in [-0.1, -0.05) is 0 Å². The molecule has 0 radical (unpaired) electrons. The van der Waals surface area contributed by atoms with Crippen LogP contribution < -0.4 is 10.2 Å². The van der Waals surface area contributed by atoms with Gasteiger partial charge in [-0.25, -0.2) is 4.98 Å². The highest BCUT2D eigenvalue weighted by Gasteiger charge is 2.32. The van der Waals surface area contributed by atoms with Crippen LogP contribution in [0.3, 0.4) is 0 Å². The number of benzene rings is 2. The van der Waals surface area contributed by atoms with E-state index in [0.717, 1.165) is 54.7 Å². The fourth-order valence-electron chi connectivity index (χ4n) is 3.41. The number of hydrogen-bond donors (Lipinski definition) is 1. The maximum absolute atomic E-state index is 13.2. The monoisotopic (exact) mass is 405 g/mol. The number of fused-ring (bicyclic) bond motifs is 1. The fourth-order valence-corrected chi connectivity index (χ4v) is 4.13. The van der Waals surface area contributed by atoms with Crippen LogP contribution in [0.4, 0.5) is 24.5 Å². The highest BCUT2D eigenvalue weighted by molar-refractivity contribution is 7.16. The minimum atomic E-state index is -4.47. The van der Waals surface area contributed by atoms with Gasteiger partial charge in [0.1, 0.15) is 0 Å². The predicted molar refractivity (Wildman–Crippen MR) is 105 cm³/mol. The quantitative estimate of drug-likeness (QED) is 0.621. The number of nitrogens with one attached hydrogen (secondary N) is 1. The Labute approximate surface area is 164 Å². The molecule has 2 aromatic carbocycles. The van der Waals surface area contributed by atoms with Gasteiger partial charge in [0.15, 0.2) is 0 Å². The van der Waals surface area contributed by atoms with E-state index in [2.05, 4.69) is 10.3 Å². The average Bonchev–Trinajstić information content (AvgIpc) is 3.15. The number of rotatable bonds is 3. The third-order valence-corrected chi connectivity index (χ3v) is 5.65. The summed E-state index contributed by atoms with van der Waals surface area (Å²) in [6.07, 6.45) is -1.40. The first-order chi connectivity index (χ1) is 13.4. The molecule has 1 aliphatic heterocycles. The molecule has 1 fully saturated rings. The average molecular weight is 405 g/mol. The van der Waals surface area contributed by atoms with Crippen molar-refractivity contribution >= 4 is 38.8 Å². The van der Waals surface area contributed by atoms with Gasteiger partial charge in [-0.3, -0.25) is 4.79 Å². The molecule has 0 aliphatic carbocycles. The smallest absolute Gasteiger partial charge is 0.370 e. The van der Waals surface area contributed by atoms with E-state index in [1.807, 2.05) is 4.90 Å². The largest absolute Gasteiger partial charge is 0.416 e. The van der Waals surface area contributed by atoms with Gasteiger partial charge < -0.3 is 10.2 Å². The zero-order valence-corrected chi connectivity index (χ0v) is 15.7. The van der Waals surface area contributed by atoms with E-state index in [9.17, 15) is 18.0 Å². The molecule has 0 saturated carbocycles. The maximum Gasteiger partial charge on any atom is 0.416 e. The Morgan fingerprint density at radius 1 is 1.07 bits per heavy atom. The van der Waals surface area contributed by atoms with Crippen LogP contribution in [-0.4, -0.2) is 24.0 Å². The molecule has 8 heteroatoms. The molecule has 146 valence electrons. The summed E-state index contributed by atoms with van der Waals surface area (Å²) in [5.41, 5.74) is 2.90. The van der Waals surface area contributed by atoms with Crippen LogP contribution in [0.15, 0.2) is 41.9 Å². The van der Waals surface area contributed by atoms with Crippen molar-refractivity contribution in [1.82, 2.24) is 4.98 Å². The van der Waals surface area contributed by atoms with Gasteiger partial charge in [-0.05, 0) is 55.7 Å². The van der Waals surface area contributed by atoms with Crippen molar-refractivity contribution < 1.29 is 18.0 Å². The van der Waals surface area contributed by atoms with Crippen LogP contribution in [0.5, 0.6) is 0 Å². The lowest BCUT2D eigenvalue weighted by Gasteiger charge is -2.31. The van der Waals surface area contributed by atoms with Gasteiger partial charge in [0.05, 0.1) is 32.7 Å². The van der Waals surface area contributed by atoms with Crippen LogP contribution in [0, 0.1) is 0 Å². The van der Waals surface area contributed by atoms with Gasteiger partial charge in [-0.2, -0.15) is 13.2 Å². The Balaban J connectivity index is 1.67. The summed E-state index contributed by atoms with van der Waals surface area (Å²) >= 11 is 1.41. The molecule has 4 rings (SSSR count). The molecule has 0 atom stereocenters. The van der Waals surface area contributed by atoms with Crippen molar-refractivity contribution in [3.63, 3.8) is 0 Å². The third kappa shape index (κ3) is 3.82. The van der Waals surface area contributed by atoms with Crippen LogP contribution >= 0.6 is 11.3 Å². The van der Waals surface area contributed by atoms with Gasteiger partial charge in [0.25, 0.3) is 5.91 Å². The number of halogens is 3. The van der Waals surface area contributed by atoms with Crippen molar-refractivity contribution in [2.24, 2.45) is 0 Å². The molecule has 3 aromatic rings. The first kappa shape index (κ1) is 18.7. The summed E-state index contributed by atoms with van der Waals surface area (Å²) in [7, 11) is 0. The molecule has 28 heavy (non-hydrogen) atoms. The Bertz CT molecular complexity index is 1010. The summed E-state index contributed by atoms with van der Waals surface area (Å²) in [6, 6.07) is 8.62. The van der Waals surface area contributed by atoms with Gasteiger partial charge in [0.2, 0.25) is 0 Å². The predicted octanol–water partition coefficient (Wildman–Crippen LogP) is 5.56. The molecule has 1 amide bonds. The summed E-state index contributed by atoms with van der Waals surface area (Å²) in [5, 5.41) is 2.70. The topological polar surface area (TPSA) is 45.2 Å². The summed E-state index contributed by atoms with van der Waals surface area (Å²) < 4.78 is 40.5. The van der Waals surface area contributed by atoms with E-state index in [1.165, 1.54) is 17.4 Å². The minimum Gasteiger partial charge on any atom is -0.370 e. The molecule has 1 saturated heterocycles. The van der Waals surface area contributed by atoms with Crippen molar-refractivity contribution in [3.8, 4) is 0 Å². The maximum atomic E-state index is 13.2. The van der Waals surface area contributed by atoms with Gasteiger partial charge >= 0.3 is 6.18 Å². The number of nitrogens with zero attached hydrogens (tertiary/aromatic N) is 2. The van der Waals surface area contributed by atoms with Crippen LogP contribution in [-0.2, 0) is 6.18 Å². The second-order valence-electron chi connectivity index (χ2n) is 6.77. The van der Waals surface area contributed by atoms with E-state index in [-0.39, 0.29) is 5.69 Å². The molecule has 0 unspecified atom stereocenters. The molecular weight excluding hydrogens is 387 g/mol. The Morgan fingerprint density at radius 3 is 2.61 bits per heavy atom. The number of aromatic nitrogens is 1. The molecule has 4 nitrogen and oxygen atoms in total. The second kappa shape index (κ2) is 7.43. The molecule has 2 heterocycles. The second-order valence-corrected chi connectivity index (χ2v) is 7.65. The molecular formula is C20H18F3N3OS. The Morgan fingerprint density at radius 2 is 1.86 bits per heavy atom.